The first kappa shape index (κ1) is 9.33. The second-order valence-electron chi connectivity index (χ2n) is 3.71. The van der Waals surface area contributed by atoms with E-state index in [1.54, 1.807) is 0 Å². The molecule has 0 spiro atoms. The Bertz CT molecular complexity index is 383. The summed E-state index contributed by atoms with van der Waals surface area (Å²) in [7, 11) is 0. The van der Waals surface area contributed by atoms with Crippen LogP contribution < -0.4 is 11.3 Å². The van der Waals surface area contributed by atoms with Gasteiger partial charge in [-0.1, -0.05) is 6.92 Å². The molecule has 1 heterocycles. The van der Waals surface area contributed by atoms with Gasteiger partial charge in [-0.15, -0.1) is 10.2 Å². The molecule has 76 valence electrons. The molecule has 1 aromatic rings. The fraction of sp³-hybridized carbons (Fsp3) is 0.667. The minimum absolute atomic E-state index is 0.184. The Labute approximate surface area is 81.7 Å². The van der Waals surface area contributed by atoms with Crippen molar-refractivity contribution in [1.82, 2.24) is 15.2 Å². The molecule has 0 radical (unpaired) electrons. The van der Waals surface area contributed by atoms with Gasteiger partial charge in [0, 0.05) is 5.92 Å². The highest BCUT2D eigenvalue weighted by molar-refractivity contribution is 5.07. The summed E-state index contributed by atoms with van der Waals surface area (Å²) in [4.78, 5) is 14.3. The minimum Gasteiger partial charge on any atom is -0.322 e. The van der Waals surface area contributed by atoms with Crippen LogP contribution in [0.2, 0.25) is 0 Å². The van der Waals surface area contributed by atoms with Crippen LogP contribution in [-0.4, -0.2) is 15.2 Å². The number of aromatic nitrogens is 3. The first-order chi connectivity index (χ1) is 6.72. The van der Waals surface area contributed by atoms with E-state index in [1.165, 1.54) is 0 Å². The van der Waals surface area contributed by atoms with E-state index in [-0.39, 0.29) is 11.6 Å². The van der Waals surface area contributed by atoms with Crippen LogP contribution in [0.1, 0.15) is 49.7 Å². The summed E-state index contributed by atoms with van der Waals surface area (Å²) in [6.45, 7) is 1.92. The lowest BCUT2D eigenvalue weighted by molar-refractivity contribution is 0.633. The Balaban J connectivity index is 2.31. The highest BCUT2D eigenvalue weighted by Crippen LogP contribution is 2.37. The quantitative estimate of drug-likeness (QED) is 0.731. The average Bonchev–Trinajstić information content (AvgIpc) is 3.00. The summed E-state index contributed by atoms with van der Waals surface area (Å²) in [5.41, 5.74) is 5.87. The molecule has 0 bridgehead atoms. The van der Waals surface area contributed by atoms with E-state index < -0.39 is 0 Å². The monoisotopic (exact) mass is 194 g/mol. The standard InChI is InChI=1S/C9H14N4O/c1-2-6(10)7-9(14)11-8(13-12-7)5-3-4-5/h5-6H,2-4,10H2,1H3,(H,11,13,14). The second kappa shape index (κ2) is 3.49. The van der Waals surface area contributed by atoms with Crippen LogP contribution in [0.5, 0.6) is 0 Å². The van der Waals surface area contributed by atoms with Crippen molar-refractivity contribution in [3.05, 3.63) is 21.9 Å². The summed E-state index contributed by atoms with van der Waals surface area (Å²) in [6.07, 6.45) is 2.90. The van der Waals surface area contributed by atoms with Gasteiger partial charge in [0.15, 0.2) is 0 Å². The lowest BCUT2D eigenvalue weighted by Gasteiger charge is -2.05. The van der Waals surface area contributed by atoms with Crippen molar-refractivity contribution in [1.29, 1.82) is 0 Å². The molecule has 5 nitrogen and oxygen atoms in total. The number of nitrogens with zero attached hydrogens (tertiary/aromatic N) is 2. The van der Waals surface area contributed by atoms with Gasteiger partial charge in [-0.25, -0.2) is 0 Å². The van der Waals surface area contributed by atoms with Crippen LogP contribution in [0.25, 0.3) is 0 Å². The van der Waals surface area contributed by atoms with Gasteiger partial charge in [-0.05, 0) is 19.3 Å². The Morgan fingerprint density at radius 2 is 2.29 bits per heavy atom. The van der Waals surface area contributed by atoms with Crippen LogP contribution in [0.4, 0.5) is 0 Å². The molecule has 3 N–H and O–H groups in total. The third-order valence-electron chi connectivity index (χ3n) is 2.49. The van der Waals surface area contributed by atoms with Crippen molar-refractivity contribution in [2.24, 2.45) is 5.73 Å². The molecular formula is C9H14N4O. The maximum Gasteiger partial charge on any atom is 0.274 e. The Hall–Kier alpha value is -1.23. The number of hydrogen-bond donors (Lipinski definition) is 2. The van der Waals surface area contributed by atoms with Gasteiger partial charge in [0.2, 0.25) is 0 Å². The number of rotatable bonds is 3. The van der Waals surface area contributed by atoms with Gasteiger partial charge in [-0.2, -0.15) is 0 Å². The van der Waals surface area contributed by atoms with Crippen molar-refractivity contribution >= 4 is 0 Å². The van der Waals surface area contributed by atoms with Crippen LogP contribution in [0, 0.1) is 0 Å². The van der Waals surface area contributed by atoms with E-state index in [0.29, 0.717) is 23.9 Å². The molecule has 1 unspecified atom stereocenters. The van der Waals surface area contributed by atoms with E-state index in [9.17, 15) is 4.79 Å². The van der Waals surface area contributed by atoms with Gasteiger partial charge in [-0.3, -0.25) is 4.79 Å². The molecule has 1 aromatic heterocycles. The summed E-state index contributed by atoms with van der Waals surface area (Å²) in [6, 6.07) is -0.306. The SMILES string of the molecule is CCC(N)c1nnc(C2CC2)[nH]c1=O. The third-order valence-corrected chi connectivity index (χ3v) is 2.49. The van der Waals surface area contributed by atoms with Crippen LogP contribution in [0.3, 0.4) is 0 Å². The Kier molecular flexibility index (Phi) is 2.33. The van der Waals surface area contributed by atoms with Crippen molar-refractivity contribution in [3.63, 3.8) is 0 Å². The normalized spacial score (nSPS) is 18.1. The molecule has 1 atom stereocenters. The summed E-state index contributed by atoms with van der Waals surface area (Å²) in [5.74, 6) is 1.13. The van der Waals surface area contributed by atoms with Crippen LogP contribution >= 0.6 is 0 Å². The minimum atomic E-state index is -0.306. The number of nitrogens with two attached hydrogens (primary N) is 1. The molecule has 2 rings (SSSR count). The molecule has 1 fully saturated rings. The fourth-order valence-corrected chi connectivity index (χ4v) is 1.33. The number of hydrogen-bond acceptors (Lipinski definition) is 4. The zero-order valence-corrected chi connectivity index (χ0v) is 8.16. The topological polar surface area (TPSA) is 84.7 Å². The van der Waals surface area contributed by atoms with E-state index in [4.69, 9.17) is 5.73 Å². The molecular weight excluding hydrogens is 180 g/mol. The highest BCUT2D eigenvalue weighted by atomic mass is 16.1. The van der Waals surface area contributed by atoms with E-state index >= 15 is 0 Å². The molecule has 0 aliphatic heterocycles. The predicted octanol–water partition coefficient (Wildman–Crippen LogP) is 0.452. The number of nitrogens with one attached hydrogen (secondary N) is 1. The van der Waals surface area contributed by atoms with E-state index in [0.717, 1.165) is 12.8 Å². The third kappa shape index (κ3) is 1.68. The molecule has 1 saturated carbocycles. The Morgan fingerprint density at radius 3 is 2.79 bits per heavy atom. The fourth-order valence-electron chi connectivity index (χ4n) is 1.33. The lowest BCUT2D eigenvalue weighted by Crippen LogP contribution is -2.25. The largest absolute Gasteiger partial charge is 0.322 e. The number of H-pyrrole nitrogens is 1. The lowest BCUT2D eigenvalue weighted by atomic mass is 10.2. The summed E-state index contributed by atoms with van der Waals surface area (Å²) in [5, 5.41) is 7.88. The first-order valence-electron chi connectivity index (χ1n) is 4.94. The van der Waals surface area contributed by atoms with E-state index in [2.05, 4.69) is 15.2 Å². The highest BCUT2D eigenvalue weighted by Gasteiger charge is 2.27. The van der Waals surface area contributed by atoms with E-state index in [1.807, 2.05) is 6.92 Å². The molecule has 0 aromatic carbocycles. The van der Waals surface area contributed by atoms with Gasteiger partial charge in [0.1, 0.15) is 11.5 Å². The second-order valence-corrected chi connectivity index (χ2v) is 3.71. The van der Waals surface area contributed by atoms with Crippen molar-refractivity contribution < 1.29 is 0 Å². The maximum absolute atomic E-state index is 11.5. The molecule has 5 heteroatoms. The zero-order valence-electron chi connectivity index (χ0n) is 8.16. The van der Waals surface area contributed by atoms with Crippen molar-refractivity contribution in [3.8, 4) is 0 Å². The summed E-state index contributed by atoms with van der Waals surface area (Å²) >= 11 is 0. The maximum atomic E-state index is 11.5. The zero-order chi connectivity index (χ0) is 10.1. The molecule has 1 aliphatic rings. The van der Waals surface area contributed by atoms with Gasteiger partial charge < -0.3 is 10.7 Å². The average molecular weight is 194 g/mol. The predicted molar refractivity (Wildman–Crippen MR) is 51.8 cm³/mol. The van der Waals surface area contributed by atoms with Gasteiger partial charge in [0.05, 0.1) is 6.04 Å². The number of aromatic amines is 1. The molecule has 14 heavy (non-hydrogen) atoms. The van der Waals surface area contributed by atoms with Gasteiger partial charge in [0.25, 0.3) is 5.56 Å². The van der Waals surface area contributed by atoms with Gasteiger partial charge >= 0.3 is 0 Å². The molecule has 0 amide bonds. The molecule has 1 aliphatic carbocycles. The Morgan fingerprint density at radius 1 is 1.57 bits per heavy atom. The van der Waals surface area contributed by atoms with Crippen LogP contribution in [0.15, 0.2) is 4.79 Å². The first-order valence-corrected chi connectivity index (χ1v) is 4.94. The van der Waals surface area contributed by atoms with Crippen molar-refractivity contribution in [2.45, 2.75) is 38.1 Å². The summed E-state index contributed by atoms with van der Waals surface area (Å²) < 4.78 is 0. The van der Waals surface area contributed by atoms with Crippen molar-refractivity contribution in [2.75, 3.05) is 0 Å². The molecule has 0 saturated heterocycles. The smallest absolute Gasteiger partial charge is 0.274 e. The van der Waals surface area contributed by atoms with Crippen LogP contribution in [-0.2, 0) is 0 Å².